The second kappa shape index (κ2) is 11.5. The molecule has 0 heterocycles. The molecular weight excluding hydrogens is 190 g/mol. The Hall–Kier alpha value is -0.570. The van der Waals surface area contributed by atoms with Crippen LogP contribution in [0.25, 0.3) is 0 Å². The highest BCUT2D eigenvalue weighted by Gasteiger charge is 2.00. The first-order chi connectivity index (χ1) is 7.31. The lowest BCUT2D eigenvalue weighted by Crippen LogP contribution is -2.25. The fourth-order valence-electron chi connectivity index (χ4n) is 1.28. The van der Waals surface area contributed by atoms with Crippen molar-refractivity contribution >= 4 is 5.97 Å². The van der Waals surface area contributed by atoms with E-state index in [1.165, 1.54) is 12.8 Å². The number of ether oxygens (including phenoxy) is 1. The van der Waals surface area contributed by atoms with Crippen molar-refractivity contribution in [3.63, 3.8) is 0 Å². The van der Waals surface area contributed by atoms with Crippen molar-refractivity contribution in [2.75, 3.05) is 19.7 Å². The van der Waals surface area contributed by atoms with Gasteiger partial charge in [0.1, 0.15) is 0 Å². The van der Waals surface area contributed by atoms with Gasteiger partial charge in [0.05, 0.1) is 13.2 Å². The maximum atomic E-state index is 11.2. The third kappa shape index (κ3) is 11.4. The molecule has 0 unspecified atom stereocenters. The Morgan fingerprint density at radius 2 is 1.73 bits per heavy atom. The molecule has 0 aliphatic heterocycles. The largest absolute Gasteiger partial charge is 0.465 e. The van der Waals surface area contributed by atoms with Gasteiger partial charge < -0.3 is 10.1 Å². The van der Waals surface area contributed by atoms with Crippen LogP contribution in [0.15, 0.2) is 0 Å². The van der Waals surface area contributed by atoms with E-state index in [0.29, 0.717) is 13.2 Å². The molecule has 0 spiro atoms. The predicted molar refractivity (Wildman–Crippen MR) is 62.9 cm³/mol. The van der Waals surface area contributed by atoms with Gasteiger partial charge in [0.15, 0.2) is 0 Å². The van der Waals surface area contributed by atoms with Crippen LogP contribution in [-0.4, -0.2) is 25.7 Å². The summed E-state index contributed by atoms with van der Waals surface area (Å²) in [7, 11) is 0. The van der Waals surface area contributed by atoms with E-state index in [0.717, 1.165) is 32.2 Å². The SMILES string of the molecule is CCCCCNCC(=O)OCCCCC. The summed E-state index contributed by atoms with van der Waals surface area (Å²) in [6, 6.07) is 0. The Morgan fingerprint density at radius 1 is 1.07 bits per heavy atom. The first kappa shape index (κ1) is 14.4. The van der Waals surface area contributed by atoms with Crippen molar-refractivity contribution in [1.29, 1.82) is 0 Å². The molecule has 1 N–H and O–H groups in total. The zero-order valence-corrected chi connectivity index (χ0v) is 10.2. The zero-order valence-electron chi connectivity index (χ0n) is 10.2. The van der Waals surface area contributed by atoms with Gasteiger partial charge >= 0.3 is 5.97 Å². The topological polar surface area (TPSA) is 38.3 Å². The number of rotatable bonds is 10. The summed E-state index contributed by atoms with van der Waals surface area (Å²) < 4.78 is 5.05. The monoisotopic (exact) mass is 215 g/mol. The molecule has 0 aromatic carbocycles. The van der Waals surface area contributed by atoms with E-state index in [9.17, 15) is 4.79 Å². The van der Waals surface area contributed by atoms with Crippen LogP contribution >= 0.6 is 0 Å². The quantitative estimate of drug-likeness (QED) is 0.449. The molecule has 0 atom stereocenters. The van der Waals surface area contributed by atoms with Crippen LogP contribution in [-0.2, 0) is 9.53 Å². The molecule has 0 fully saturated rings. The van der Waals surface area contributed by atoms with Crippen molar-refractivity contribution in [2.24, 2.45) is 0 Å². The fraction of sp³-hybridized carbons (Fsp3) is 0.917. The molecule has 15 heavy (non-hydrogen) atoms. The lowest BCUT2D eigenvalue weighted by Gasteiger charge is -2.05. The van der Waals surface area contributed by atoms with Crippen LogP contribution in [0.1, 0.15) is 52.4 Å². The number of hydrogen-bond donors (Lipinski definition) is 1. The van der Waals surface area contributed by atoms with Crippen molar-refractivity contribution in [3.05, 3.63) is 0 Å². The molecule has 0 amide bonds. The molecule has 3 nitrogen and oxygen atoms in total. The van der Waals surface area contributed by atoms with Gasteiger partial charge in [-0.25, -0.2) is 0 Å². The average Bonchev–Trinajstić information content (AvgIpc) is 2.24. The molecule has 0 radical (unpaired) electrons. The minimum Gasteiger partial charge on any atom is -0.465 e. The van der Waals surface area contributed by atoms with E-state index in [-0.39, 0.29) is 5.97 Å². The summed E-state index contributed by atoms with van der Waals surface area (Å²) in [6.45, 7) is 6.15. The molecule has 0 aromatic rings. The smallest absolute Gasteiger partial charge is 0.319 e. The third-order valence-electron chi connectivity index (χ3n) is 2.24. The molecule has 0 rings (SSSR count). The van der Waals surface area contributed by atoms with Crippen LogP contribution in [0.5, 0.6) is 0 Å². The van der Waals surface area contributed by atoms with Gasteiger partial charge in [-0.2, -0.15) is 0 Å². The highest BCUT2D eigenvalue weighted by molar-refractivity contribution is 5.71. The number of hydrogen-bond acceptors (Lipinski definition) is 3. The Morgan fingerprint density at radius 3 is 2.40 bits per heavy atom. The van der Waals surface area contributed by atoms with Gasteiger partial charge in [0, 0.05) is 0 Å². The molecular formula is C12H25NO2. The molecule has 0 saturated heterocycles. The first-order valence-electron chi connectivity index (χ1n) is 6.17. The molecule has 0 bridgehead atoms. The van der Waals surface area contributed by atoms with E-state index in [1.54, 1.807) is 0 Å². The lowest BCUT2D eigenvalue weighted by molar-refractivity contribution is -0.142. The van der Waals surface area contributed by atoms with E-state index in [1.807, 2.05) is 0 Å². The van der Waals surface area contributed by atoms with Gasteiger partial charge in [-0.05, 0) is 19.4 Å². The van der Waals surface area contributed by atoms with Gasteiger partial charge in [0.2, 0.25) is 0 Å². The zero-order chi connectivity index (χ0) is 11.4. The summed E-state index contributed by atoms with van der Waals surface area (Å²) in [4.78, 5) is 11.2. The Bertz CT molecular complexity index is 149. The molecule has 0 saturated carbocycles. The van der Waals surface area contributed by atoms with Crippen LogP contribution < -0.4 is 5.32 Å². The average molecular weight is 215 g/mol. The van der Waals surface area contributed by atoms with Gasteiger partial charge in [-0.1, -0.05) is 39.5 Å². The van der Waals surface area contributed by atoms with E-state index >= 15 is 0 Å². The molecule has 0 aliphatic rings. The van der Waals surface area contributed by atoms with Crippen LogP contribution in [0.3, 0.4) is 0 Å². The summed E-state index contributed by atoms with van der Waals surface area (Å²) in [6.07, 6.45) is 6.85. The molecule has 0 aliphatic carbocycles. The normalized spacial score (nSPS) is 10.3. The fourth-order valence-corrected chi connectivity index (χ4v) is 1.28. The minimum atomic E-state index is -0.123. The Kier molecular flexibility index (Phi) is 11.1. The maximum absolute atomic E-state index is 11.2. The predicted octanol–water partition coefficient (Wildman–Crippen LogP) is 2.50. The van der Waals surface area contributed by atoms with Crippen molar-refractivity contribution in [2.45, 2.75) is 52.4 Å². The highest BCUT2D eigenvalue weighted by atomic mass is 16.5. The summed E-state index contributed by atoms with van der Waals surface area (Å²) in [5.41, 5.74) is 0. The Balaban J connectivity index is 3.11. The van der Waals surface area contributed by atoms with Crippen LogP contribution in [0.4, 0.5) is 0 Å². The maximum Gasteiger partial charge on any atom is 0.319 e. The van der Waals surface area contributed by atoms with E-state index in [4.69, 9.17) is 4.74 Å². The number of carbonyl (C=O) groups excluding carboxylic acids is 1. The van der Waals surface area contributed by atoms with Crippen molar-refractivity contribution < 1.29 is 9.53 Å². The van der Waals surface area contributed by atoms with E-state index < -0.39 is 0 Å². The van der Waals surface area contributed by atoms with Crippen molar-refractivity contribution in [3.8, 4) is 0 Å². The van der Waals surface area contributed by atoms with Gasteiger partial charge in [-0.15, -0.1) is 0 Å². The first-order valence-corrected chi connectivity index (χ1v) is 6.17. The summed E-state index contributed by atoms with van der Waals surface area (Å²) in [5.74, 6) is -0.123. The van der Waals surface area contributed by atoms with Crippen LogP contribution in [0.2, 0.25) is 0 Å². The summed E-state index contributed by atoms with van der Waals surface area (Å²) >= 11 is 0. The molecule has 0 aromatic heterocycles. The standard InChI is InChI=1S/C12H25NO2/c1-3-5-7-9-13-11-12(14)15-10-8-6-4-2/h13H,3-11H2,1-2H3. The Labute approximate surface area is 93.6 Å². The van der Waals surface area contributed by atoms with Crippen LogP contribution in [0, 0.1) is 0 Å². The number of carbonyl (C=O) groups is 1. The molecule has 3 heteroatoms. The second-order valence-electron chi connectivity index (χ2n) is 3.81. The third-order valence-corrected chi connectivity index (χ3v) is 2.24. The number of unbranched alkanes of at least 4 members (excludes halogenated alkanes) is 4. The highest BCUT2D eigenvalue weighted by Crippen LogP contribution is 1.94. The van der Waals surface area contributed by atoms with Gasteiger partial charge in [0.25, 0.3) is 0 Å². The van der Waals surface area contributed by atoms with E-state index in [2.05, 4.69) is 19.2 Å². The van der Waals surface area contributed by atoms with Crippen molar-refractivity contribution in [1.82, 2.24) is 5.32 Å². The number of esters is 1. The number of nitrogens with one attached hydrogen (secondary N) is 1. The lowest BCUT2D eigenvalue weighted by atomic mass is 10.2. The minimum absolute atomic E-state index is 0.123. The molecule has 90 valence electrons. The second-order valence-corrected chi connectivity index (χ2v) is 3.81. The summed E-state index contributed by atoms with van der Waals surface area (Å²) in [5, 5.41) is 3.09. The van der Waals surface area contributed by atoms with Gasteiger partial charge in [-0.3, -0.25) is 4.79 Å².